The Kier molecular flexibility index (Phi) is 6.63. The maximum atomic E-state index is 7.01. The van der Waals surface area contributed by atoms with Gasteiger partial charge in [0.25, 0.3) is 0 Å². The van der Waals surface area contributed by atoms with Gasteiger partial charge in [-0.05, 0) is 59.2 Å². The van der Waals surface area contributed by atoms with Gasteiger partial charge in [-0.3, -0.25) is 0 Å². The fraction of sp³-hybridized carbons (Fsp3) is 0. The summed E-state index contributed by atoms with van der Waals surface area (Å²) in [5, 5.41) is 7.36. The molecule has 0 N–H and O–H groups in total. The van der Waals surface area contributed by atoms with Crippen molar-refractivity contribution < 1.29 is 4.42 Å². The molecule has 2 nitrogen and oxygen atoms in total. The van der Waals surface area contributed by atoms with E-state index >= 15 is 0 Å². The van der Waals surface area contributed by atoms with Crippen LogP contribution in [0.3, 0.4) is 0 Å². The summed E-state index contributed by atoms with van der Waals surface area (Å²) in [7, 11) is 0. The highest BCUT2D eigenvalue weighted by Crippen LogP contribution is 2.49. The molecule has 0 aliphatic heterocycles. The zero-order chi connectivity index (χ0) is 34.2. The summed E-state index contributed by atoms with van der Waals surface area (Å²) < 4.78 is 12.2. The molecule has 0 aliphatic rings. The van der Waals surface area contributed by atoms with Crippen LogP contribution in [0.1, 0.15) is 0 Å². The standard InChI is InChI=1S/C48H29NOS2/c1-2-12-30(13-3-1)33-16-8-18-36-37-19-10-22-41(47(37)50-46(33)36)49(40-21-11-25-44-45(40)39-15-5-7-24-43(39)51-44)32-28-26-31(27-29-32)34-17-9-20-38-35-14-4-6-23-42(35)52-48(34)38/h1-29H. The molecule has 0 saturated heterocycles. The third kappa shape index (κ3) is 4.48. The molecule has 52 heavy (non-hydrogen) atoms. The lowest BCUT2D eigenvalue weighted by atomic mass is 10.0. The van der Waals surface area contributed by atoms with Crippen molar-refractivity contribution in [1.82, 2.24) is 0 Å². The van der Waals surface area contributed by atoms with Crippen LogP contribution in [0.25, 0.3) is 84.5 Å². The van der Waals surface area contributed by atoms with Crippen LogP contribution in [-0.4, -0.2) is 0 Å². The molecule has 0 saturated carbocycles. The Hall–Kier alpha value is -6.20. The number of rotatable bonds is 5. The molecule has 0 bridgehead atoms. The molecule has 0 aliphatic carbocycles. The number of thiophene rings is 2. The van der Waals surface area contributed by atoms with E-state index in [9.17, 15) is 0 Å². The Bertz CT molecular complexity index is 3130. The molecule has 8 aromatic carbocycles. The highest BCUT2D eigenvalue weighted by Gasteiger charge is 2.23. The number of nitrogens with zero attached hydrogens (tertiary/aromatic N) is 1. The van der Waals surface area contributed by atoms with Gasteiger partial charge in [-0.2, -0.15) is 0 Å². The Morgan fingerprint density at radius 1 is 0.365 bits per heavy atom. The van der Waals surface area contributed by atoms with Gasteiger partial charge >= 0.3 is 0 Å². The number of fused-ring (bicyclic) bond motifs is 9. The van der Waals surface area contributed by atoms with Crippen molar-refractivity contribution in [1.29, 1.82) is 0 Å². The fourth-order valence-corrected chi connectivity index (χ4v) is 10.3. The highest BCUT2D eigenvalue weighted by molar-refractivity contribution is 7.26. The lowest BCUT2D eigenvalue weighted by Gasteiger charge is -2.26. The third-order valence-corrected chi connectivity index (χ3v) is 12.6. The fourth-order valence-electron chi connectivity index (χ4n) is 7.94. The van der Waals surface area contributed by atoms with Crippen molar-refractivity contribution in [2.45, 2.75) is 0 Å². The molecule has 4 heteroatoms. The van der Waals surface area contributed by atoms with Gasteiger partial charge in [0.1, 0.15) is 5.58 Å². The van der Waals surface area contributed by atoms with Crippen LogP contribution in [0, 0.1) is 0 Å². The molecule has 11 rings (SSSR count). The molecule has 0 atom stereocenters. The van der Waals surface area contributed by atoms with Gasteiger partial charge in [0.05, 0.1) is 11.4 Å². The van der Waals surface area contributed by atoms with Gasteiger partial charge in [0.2, 0.25) is 0 Å². The van der Waals surface area contributed by atoms with Gasteiger partial charge < -0.3 is 9.32 Å². The van der Waals surface area contributed by atoms with Crippen molar-refractivity contribution >= 4 is 102 Å². The number of anilines is 3. The largest absolute Gasteiger partial charge is 0.453 e. The minimum absolute atomic E-state index is 0.872. The number of furan rings is 1. The smallest absolute Gasteiger partial charge is 0.159 e. The summed E-state index contributed by atoms with van der Waals surface area (Å²) >= 11 is 3.72. The molecule has 0 radical (unpaired) electrons. The molecule has 3 aromatic heterocycles. The first-order valence-electron chi connectivity index (χ1n) is 17.5. The zero-order valence-corrected chi connectivity index (χ0v) is 29.5. The average Bonchev–Trinajstić information content (AvgIpc) is 3.91. The number of para-hydroxylation sites is 2. The van der Waals surface area contributed by atoms with E-state index in [1.54, 1.807) is 0 Å². The Labute approximate surface area is 308 Å². The molecule has 3 heterocycles. The second kappa shape index (κ2) is 11.7. The van der Waals surface area contributed by atoms with E-state index in [2.05, 4.69) is 181 Å². The predicted octanol–water partition coefficient (Wildman–Crippen LogP) is 15.1. The number of benzene rings is 8. The molecule has 0 amide bonds. The van der Waals surface area contributed by atoms with E-state index in [1.165, 1.54) is 51.5 Å². The van der Waals surface area contributed by atoms with Crippen LogP contribution in [0.2, 0.25) is 0 Å². The van der Waals surface area contributed by atoms with Crippen molar-refractivity contribution in [3.63, 3.8) is 0 Å². The summed E-state index contributed by atoms with van der Waals surface area (Å²) in [5.74, 6) is 0. The molecule has 244 valence electrons. The maximum Gasteiger partial charge on any atom is 0.159 e. The summed E-state index contributed by atoms with van der Waals surface area (Å²) in [6.45, 7) is 0. The van der Waals surface area contributed by atoms with E-state index in [0.717, 1.165) is 50.1 Å². The van der Waals surface area contributed by atoms with E-state index in [0.29, 0.717) is 0 Å². The first-order valence-corrected chi connectivity index (χ1v) is 19.1. The second-order valence-electron chi connectivity index (χ2n) is 13.2. The van der Waals surface area contributed by atoms with Crippen LogP contribution < -0.4 is 4.90 Å². The normalized spacial score (nSPS) is 11.8. The van der Waals surface area contributed by atoms with Crippen LogP contribution >= 0.6 is 22.7 Å². The van der Waals surface area contributed by atoms with Crippen LogP contribution in [0.4, 0.5) is 17.1 Å². The first kappa shape index (κ1) is 29.5. The minimum Gasteiger partial charge on any atom is -0.453 e. The van der Waals surface area contributed by atoms with Crippen LogP contribution in [0.5, 0.6) is 0 Å². The van der Waals surface area contributed by atoms with Crippen molar-refractivity contribution in [2.75, 3.05) is 4.90 Å². The monoisotopic (exact) mass is 699 g/mol. The van der Waals surface area contributed by atoms with Crippen LogP contribution in [0.15, 0.2) is 180 Å². The van der Waals surface area contributed by atoms with E-state index < -0.39 is 0 Å². The highest BCUT2D eigenvalue weighted by atomic mass is 32.1. The summed E-state index contributed by atoms with van der Waals surface area (Å²) in [4.78, 5) is 2.40. The van der Waals surface area contributed by atoms with Gasteiger partial charge in [-0.1, -0.05) is 133 Å². The van der Waals surface area contributed by atoms with Gasteiger partial charge in [-0.15, -0.1) is 22.7 Å². The topological polar surface area (TPSA) is 16.4 Å². The van der Waals surface area contributed by atoms with Crippen LogP contribution in [-0.2, 0) is 0 Å². The summed E-state index contributed by atoms with van der Waals surface area (Å²) in [6, 6.07) is 63.5. The lowest BCUT2D eigenvalue weighted by Crippen LogP contribution is -2.10. The summed E-state index contributed by atoms with van der Waals surface area (Å²) in [5.41, 5.74) is 9.69. The quantitative estimate of drug-likeness (QED) is 0.178. The van der Waals surface area contributed by atoms with E-state index in [1.807, 2.05) is 22.7 Å². The second-order valence-corrected chi connectivity index (χ2v) is 15.4. The molecule has 0 fully saturated rings. The molecular weight excluding hydrogens is 671 g/mol. The Balaban J connectivity index is 1.15. The van der Waals surface area contributed by atoms with Gasteiger partial charge in [0.15, 0.2) is 5.58 Å². The first-order chi connectivity index (χ1) is 25.8. The third-order valence-electron chi connectivity index (χ3n) is 10.3. The number of hydrogen-bond acceptors (Lipinski definition) is 4. The predicted molar refractivity (Wildman–Crippen MR) is 225 cm³/mol. The molecule has 0 unspecified atom stereocenters. The van der Waals surface area contributed by atoms with E-state index in [-0.39, 0.29) is 0 Å². The summed E-state index contributed by atoms with van der Waals surface area (Å²) in [6.07, 6.45) is 0. The SMILES string of the molecule is c1ccc(-c2cccc3c2oc2c(N(c4ccc(-c5cccc6c5sc5ccccc56)cc4)c4cccc5sc6ccccc6c45)cccc23)cc1. The van der Waals surface area contributed by atoms with Crippen molar-refractivity contribution in [2.24, 2.45) is 0 Å². The Morgan fingerprint density at radius 3 is 1.77 bits per heavy atom. The van der Waals surface area contributed by atoms with Crippen molar-refractivity contribution in [3.05, 3.63) is 176 Å². The Morgan fingerprint density at radius 2 is 0.942 bits per heavy atom. The van der Waals surface area contributed by atoms with Gasteiger partial charge in [-0.25, -0.2) is 0 Å². The molecular formula is C48H29NOS2. The minimum atomic E-state index is 0.872. The number of hydrogen-bond donors (Lipinski definition) is 0. The molecule has 0 spiro atoms. The van der Waals surface area contributed by atoms with Crippen molar-refractivity contribution in [3.8, 4) is 22.3 Å². The lowest BCUT2D eigenvalue weighted by molar-refractivity contribution is 0.670. The average molecular weight is 700 g/mol. The van der Waals surface area contributed by atoms with Gasteiger partial charge in [0, 0.05) is 62.4 Å². The zero-order valence-electron chi connectivity index (χ0n) is 27.9. The van der Waals surface area contributed by atoms with E-state index in [4.69, 9.17) is 4.42 Å². The molecule has 11 aromatic rings. The maximum absolute atomic E-state index is 7.01.